The smallest absolute Gasteiger partial charge is 0.139 e. The summed E-state index contributed by atoms with van der Waals surface area (Å²) < 4.78 is 11.8. The third kappa shape index (κ3) is 3.09. The molecule has 0 bridgehead atoms. The molecule has 1 atom stereocenters. The lowest BCUT2D eigenvalue weighted by molar-refractivity contribution is 0.247. The number of furan rings is 1. The fourth-order valence-corrected chi connectivity index (χ4v) is 1.93. The van der Waals surface area contributed by atoms with Crippen LogP contribution >= 0.6 is 15.9 Å². The molecule has 2 rings (SSSR count). The Kier molecular flexibility index (Phi) is 4.19. The lowest BCUT2D eigenvalue weighted by atomic mass is 10.2. The van der Waals surface area contributed by atoms with Gasteiger partial charge in [-0.05, 0) is 34.1 Å². The van der Waals surface area contributed by atoms with Crippen LogP contribution in [0.4, 0.5) is 0 Å². The summed E-state index contributed by atoms with van der Waals surface area (Å²) in [4.78, 5) is 0. The van der Waals surface area contributed by atoms with E-state index in [-0.39, 0.29) is 6.04 Å². The van der Waals surface area contributed by atoms with Crippen LogP contribution in [-0.4, -0.2) is 6.61 Å². The predicted octanol–water partition coefficient (Wildman–Crippen LogP) is 2.63. The number of hydrogen-bond acceptors (Lipinski definition) is 4. The molecule has 0 saturated carbocycles. The van der Waals surface area contributed by atoms with E-state index in [4.69, 9.17) is 15.0 Å². The van der Waals surface area contributed by atoms with Gasteiger partial charge in [-0.1, -0.05) is 18.2 Å². The van der Waals surface area contributed by atoms with Crippen molar-refractivity contribution in [3.63, 3.8) is 0 Å². The molecule has 1 aromatic heterocycles. The van der Waals surface area contributed by atoms with Crippen LogP contribution in [0.15, 0.2) is 51.6 Å². The van der Waals surface area contributed by atoms with Crippen LogP contribution in [0.1, 0.15) is 11.8 Å². The van der Waals surface area contributed by atoms with Crippen molar-refractivity contribution in [2.75, 3.05) is 6.61 Å². The van der Waals surface area contributed by atoms with E-state index >= 15 is 0 Å². The average molecular weight is 297 g/mol. The Morgan fingerprint density at radius 1 is 1.29 bits per heavy atom. The van der Waals surface area contributed by atoms with E-state index in [2.05, 4.69) is 21.4 Å². The van der Waals surface area contributed by atoms with Gasteiger partial charge in [0, 0.05) is 0 Å². The maximum absolute atomic E-state index is 5.61. The summed E-state index contributed by atoms with van der Waals surface area (Å²) in [6.07, 6.45) is 1.60. The van der Waals surface area contributed by atoms with E-state index in [1.165, 1.54) is 0 Å². The predicted molar refractivity (Wildman–Crippen MR) is 68.4 cm³/mol. The van der Waals surface area contributed by atoms with Gasteiger partial charge < -0.3 is 9.15 Å². The number of benzene rings is 1. The summed E-state index contributed by atoms with van der Waals surface area (Å²) in [5.74, 6) is 7.01. The number of hydrazine groups is 1. The number of para-hydroxylation sites is 1. The SMILES string of the molecule is NNC(COc1ccccc1)c1occc1Br. The van der Waals surface area contributed by atoms with Gasteiger partial charge in [-0.25, -0.2) is 5.43 Å². The van der Waals surface area contributed by atoms with Gasteiger partial charge in [-0.15, -0.1) is 0 Å². The topological polar surface area (TPSA) is 60.4 Å². The van der Waals surface area contributed by atoms with Gasteiger partial charge in [0.15, 0.2) is 0 Å². The van der Waals surface area contributed by atoms with Gasteiger partial charge in [-0.2, -0.15) is 0 Å². The van der Waals surface area contributed by atoms with E-state index in [1.54, 1.807) is 6.26 Å². The van der Waals surface area contributed by atoms with Crippen molar-refractivity contribution >= 4 is 15.9 Å². The third-order valence-electron chi connectivity index (χ3n) is 2.32. The zero-order valence-corrected chi connectivity index (χ0v) is 10.7. The number of hydrogen-bond donors (Lipinski definition) is 2. The molecule has 0 amide bonds. The summed E-state index contributed by atoms with van der Waals surface area (Å²) in [6, 6.07) is 11.2. The van der Waals surface area contributed by atoms with Gasteiger partial charge in [-0.3, -0.25) is 5.84 Å². The number of nitrogens with two attached hydrogens (primary N) is 1. The Hall–Kier alpha value is -1.30. The molecule has 0 spiro atoms. The standard InChI is InChI=1S/C12H13BrN2O2/c13-10-6-7-16-12(10)11(15-14)8-17-9-4-2-1-3-5-9/h1-7,11,15H,8,14H2. The molecular weight excluding hydrogens is 284 g/mol. The molecule has 2 aromatic rings. The average Bonchev–Trinajstić information content (AvgIpc) is 2.78. The van der Waals surface area contributed by atoms with Crippen molar-refractivity contribution < 1.29 is 9.15 Å². The number of halogens is 1. The lowest BCUT2D eigenvalue weighted by Crippen LogP contribution is -2.32. The molecule has 4 nitrogen and oxygen atoms in total. The Morgan fingerprint density at radius 3 is 2.65 bits per heavy atom. The highest BCUT2D eigenvalue weighted by Gasteiger charge is 2.17. The molecule has 90 valence electrons. The molecule has 0 aliphatic rings. The normalized spacial score (nSPS) is 12.4. The zero-order valence-electron chi connectivity index (χ0n) is 9.10. The molecular formula is C12H13BrN2O2. The van der Waals surface area contributed by atoms with E-state index in [0.717, 1.165) is 16.0 Å². The van der Waals surface area contributed by atoms with Crippen molar-refractivity contribution in [3.8, 4) is 5.75 Å². The van der Waals surface area contributed by atoms with Crippen LogP contribution in [-0.2, 0) is 0 Å². The quantitative estimate of drug-likeness (QED) is 0.658. The maximum atomic E-state index is 5.61. The van der Waals surface area contributed by atoms with E-state index in [1.807, 2.05) is 36.4 Å². The highest BCUT2D eigenvalue weighted by Crippen LogP contribution is 2.24. The molecule has 17 heavy (non-hydrogen) atoms. The third-order valence-corrected chi connectivity index (χ3v) is 2.98. The minimum atomic E-state index is -0.195. The Labute approximate surface area is 108 Å². The Morgan fingerprint density at radius 2 is 2.06 bits per heavy atom. The zero-order chi connectivity index (χ0) is 12.1. The maximum Gasteiger partial charge on any atom is 0.139 e. The van der Waals surface area contributed by atoms with Crippen LogP contribution < -0.4 is 16.0 Å². The van der Waals surface area contributed by atoms with Gasteiger partial charge in [0.1, 0.15) is 24.2 Å². The Bertz CT molecular complexity index is 459. The van der Waals surface area contributed by atoms with Gasteiger partial charge >= 0.3 is 0 Å². The minimum Gasteiger partial charge on any atom is -0.491 e. The van der Waals surface area contributed by atoms with Crippen molar-refractivity contribution in [2.45, 2.75) is 6.04 Å². The summed E-state index contributed by atoms with van der Waals surface area (Å²) in [5, 5.41) is 0. The first-order valence-electron chi connectivity index (χ1n) is 5.18. The molecule has 1 aromatic carbocycles. The van der Waals surface area contributed by atoms with Crippen molar-refractivity contribution in [3.05, 3.63) is 52.9 Å². The number of nitrogens with one attached hydrogen (secondary N) is 1. The second-order valence-corrected chi connectivity index (χ2v) is 4.33. The van der Waals surface area contributed by atoms with Crippen LogP contribution in [0.25, 0.3) is 0 Å². The second kappa shape index (κ2) is 5.86. The first kappa shape index (κ1) is 12.2. The molecule has 0 aliphatic heterocycles. The molecule has 0 aliphatic carbocycles. The van der Waals surface area contributed by atoms with Gasteiger partial charge in [0.05, 0.1) is 10.7 Å². The molecule has 0 radical (unpaired) electrons. The van der Waals surface area contributed by atoms with E-state index in [0.29, 0.717) is 6.61 Å². The summed E-state index contributed by atoms with van der Waals surface area (Å²) in [7, 11) is 0. The molecule has 1 unspecified atom stereocenters. The molecule has 5 heteroatoms. The fraction of sp³-hybridized carbons (Fsp3) is 0.167. The highest BCUT2D eigenvalue weighted by molar-refractivity contribution is 9.10. The molecule has 1 heterocycles. The van der Waals surface area contributed by atoms with Crippen LogP contribution in [0.2, 0.25) is 0 Å². The second-order valence-electron chi connectivity index (χ2n) is 3.48. The first-order chi connectivity index (χ1) is 8.31. The number of ether oxygens (including phenoxy) is 1. The van der Waals surface area contributed by atoms with Gasteiger partial charge in [0.25, 0.3) is 0 Å². The van der Waals surface area contributed by atoms with Crippen molar-refractivity contribution in [1.29, 1.82) is 0 Å². The molecule has 0 fully saturated rings. The largest absolute Gasteiger partial charge is 0.491 e. The van der Waals surface area contributed by atoms with Gasteiger partial charge in [0.2, 0.25) is 0 Å². The number of rotatable bonds is 5. The Balaban J connectivity index is 2.00. The fourth-order valence-electron chi connectivity index (χ4n) is 1.45. The monoisotopic (exact) mass is 296 g/mol. The summed E-state index contributed by atoms with van der Waals surface area (Å²) >= 11 is 3.39. The molecule has 3 N–H and O–H groups in total. The van der Waals surface area contributed by atoms with Crippen LogP contribution in [0.3, 0.4) is 0 Å². The van der Waals surface area contributed by atoms with Crippen molar-refractivity contribution in [1.82, 2.24) is 5.43 Å². The van der Waals surface area contributed by atoms with E-state index < -0.39 is 0 Å². The molecule has 0 saturated heterocycles. The summed E-state index contributed by atoms with van der Waals surface area (Å²) in [5.41, 5.74) is 2.67. The first-order valence-corrected chi connectivity index (χ1v) is 5.97. The van der Waals surface area contributed by atoms with Crippen molar-refractivity contribution in [2.24, 2.45) is 5.84 Å². The summed E-state index contributed by atoms with van der Waals surface area (Å²) in [6.45, 7) is 0.395. The minimum absolute atomic E-state index is 0.195. The van der Waals surface area contributed by atoms with Crippen LogP contribution in [0, 0.1) is 0 Å². The van der Waals surface area contributed by atoms with E-state index in [9.17, 15) is 0 Å². The highest BCUT2D eigenvalue weighted by atomic mass is 79.9. The van der Waals surface area contributed by atoms with Crippen LogP contribution in [0.5, 0.6) is 5.75 Å². The lowest BCUT2D eigenvalue weighted by Gasteiger charge is -2.15.